The van der Waals surface area contributed by atoms with Gasteiger partial charge in [0.25, 0.3) is 11.8 Å². The molecular formula is C20H19BrCl2N2O2. The first-order valence-electron chi connectivity index (χ1n) is 8.26. The summed E-state index contributed by atoms with van der Waals surface area (Å²) in [5.41, 5.74) is 2.87. The lowest BCUT2D eigenvalue weighted by Gasteiger charge is -2.13. The third kappa shape index (κ3) is 5.58. The monoisotopic (exact) mass is 468 g/mol. The minimum absolute atomic E-state index is 0.312. The molecule has 0 radical (unpaired) electrons. The molecule has 2 N–H and O–H groups in total. The highest BCUT2D eigenvalue weighted by Gasteiger charge is 2.16. The topological polar surface area (TPSA) is 58.2 Å². The number of carbonyl (C=O) groups is 2. The van der Waals surface area contributed by atoms with Crippen molar-refractivity contribution in [3.8, 4) is 0 Å². The first kappa shape index (κ1) is 21.5. The lowest BCUT2D eigenvalue weighted by molar-refractivity contribution is -0.115. The second kappa shape index (κ2) is 9.40. The Morgan fingerprint density at radius 1 is 0.926 bits per heavy atom. The summed E-state index contributed by atoms with van der Waals surface area (Å²) in [5, 5.41) is 6.33. The quantitative estimate of drug-likeness (QED) is 0.509. The molecule has 0 aliphatic rings. The second-order valence-electron chi connectivity index (χ2n) is 5.94. The van der Waals surface area contributed by atoms with Crippen LogP contribution >= 0.6 is 39.1 Å². The molecular weight excluding hydrogens is 451 g/mol. The number of carbonyl (C=O) groups excluding carboxylic acids is 2. The number of hydrogen-bond donors (Lipinski definition) is 2. The van der Waals surface area contributed by atoms with Crippen molar-refractivity contribution in [3.63, 3.8) is 0 Å². The zero-order valence-electron chi connectivity index (χ0n) is 15.1. The Hall–Kier alpha value is -1.82. The van der Waals surface area contributed by atoms with E-state index >= 15 is 0 Å². The summed E-state index contributed by atoms with van der Waals surface area (Å²) in [5.74, 6) is -0.712. The number of rotatable bonds is 5. The lowest BCUT2D eigenvalue weighted by atomic mass is 10.1. The molecule has 0 saturated heterocycles. The first-order chi connectivity index (χ1) is 12.7. The summed E-state index contributed by atoms with van der Waals surface area (Å²) in [6, 6.07) is 10.5. The molecule has 0 atom stereocenters. The zero-order chi connectivity index (χ0) is 20.1. The van der Waals surface area contributed by atoms with Crippen molar-refractivity contribution < 1.29 is 9.59 Å². The Bertz CT molecular complexity index is 926. The standard InChI is InChI=1S/C20H19BrCl2N2O2/c1-4-13-5-6-14(21)9-18(13)25-20(27)12(3)11(2)19(26)24-15-7-8-16(22)17(23)10-15/h5-10H,4H2,1-3H3,(H,24,26)(H,25,27)/b12-11-. The minimum atomic E-state index is -0.383. The first-order valence-corrected chi connectivity index (χ1v) is 9.81. The smallest absolute Gasteiger partial charge is 0.251 e. The highest BCUT2D eigenvalue weighted by atomic mass is 79.9. The van der Waals surface area contributed by atoms with Crippen LogP contribution in [0.15, 0.2) is 52.0 Å². The van der Waals surface area contributed by atoms with Crippen LogP contribution in [0, 0.1) is 0 Å². The van der Waals surface area contributed by atoms with Crippen molar-refractivity contribution >= 4 is 62.3 Å². The van der Waals surface area contributed by atoms with Gasteiger partial charge in [0, 0.05) is 27.0 Å². The van der Waals surface area contributed by atoms with Crippen LogP contribution in [0.1, 0.15) is 26.3 Å². The number of anilines is 2. The number of halogens is 3. The third-order valence-corrected chi connectivity index (χ3v) is 5.35. The van der Waals surface area contributed by atoms with Crippen LogP contribution in [0.5, 0.6) is 0 Å². The SMILES string of the molecule is CCc1ccc(Br)cc1NC(=O)/C(C)=C(/C)C(=O)Nc1ccc(Cl)c(Cl)c1. The summed E-state index contributed by atoms with van der Waals surface area (Å²) >= 11 is 15.2. The van der Waals surface area contributed by atoms with Crippen molar-refractivity contribution in [1.29, 1.82) is 0 Å². The highest BCUT2D eigenvalue weighted by molar-refractivity contribution is 9.10. The molecule has 2 aromatic rings. The third-order valence-electron chi connectivity index (χ3n) is 4.12. The van der Waals surface area contributed by atoms with Gasteiger partial charge < -0.3 is 10.6 Å². The van der Waals surface area contributed by atoms with Crippen LogP contribution in [0.25, 0.3) is 0 Å². The normalized spacial score (nSPS) is 11.6. The number of hydrogen-bond acceptors (Lipinski definition) is 2. The molecule has 0 heterocycles. The van der Waals surface area contributed by atoms with Crippen LogP contribution in [0.2, 0.25) is 10.0 Å². The molecule has 2 amide bonds. The van der Waals surface area contributed by atoms with Crippen LogP contribution in [-0.4, -0.2) is 11.8 Å². The van der Waals surface area contributed by atoms with Crippen molar-refractivity contribution in [2.24, 2.45) is 0 Å². The fourth-order valence-corrected chi connectivity index (χ4v) is 2.99. The molecule has 27 heavy (non-hydrogen) atoms. The molecule has 0 bridgehead atoms. The van der Waals surface area contributed by atoms with Gasteiger partial charge in [-0.15, -0.1) is 0 Å². The highest BCUT2D eigenvalue weighted by Crippen LogP contribution is 2.26. The van der Waals surface area contributed by atoms with Gasteiger partial charge in [0.1, 0.15) is 0 Å². The largest absolute Gasteiger partial charge is 0.322 e. The van der Waals surface area contributed by atoms with Gasteiger partial charge in [-0.1, -0.05) is 52.1 Å². The van der Waals surface area contributed by atoms with Crippen LogP contribution in [0.3, 0.4) is 0 Å². The molecule has 0 fully saturated rings. The minimum Gasteiger partial charge on any atom is -0.322 e. The van der Waals surface area contributed by atoms with Crippen molar-refractivity contribution in [2.45, 2.75) is 27.2 Å². The lowest BCUT2D eigenvalue weighted by Crippen LogP contribution is -2.20. The summed E-state index contributed by atoms with van der Waals surface area (Å²) < 4.78 is 0.866. The number of aryl methyl sites for hydroxylation is 1. The van der Waals surface area contributed by atoms with Gasteiger partial charge in [0.05, 0.1) is 10.0 Å². The summed E-state index contributed by atoms with van der Waals surface area (Å²) in [4.78, 5) is 25.0. The van der Waals surface area contributed by atoms with E-state index in [4.69, 9.17) is 23.2 Å². The van der Waals surface area contributed by atoms with E-state index in [0.29, 0.717) is 32.6 Å². The second-order valence-corrected chi connectivity index (χ2v) is 7.67. The van der Waals surface area contributed by atoms with Crippen molar-refractivity contribution in [1.82, 2.24) is 0 Å². The molecule has 0 saturated carbocycles. The van der Waals surface area contributed by atoms with Crippen molar-refractivity contribution in [2.75, 3.05) is 10.6 Å². The van der Waals surface area contributed by atoms with E-state index in [1.807, 2.05) is 25.1 Å². The van der Waals surface area contributed by atoms with Gasteiger partial charge in [-0.2, -0.15) is 0 Å². The van der Waals surface area contributed by atoms with E-state index in [-0.39, 0.29) is 11.8 Å². The maximum Gasteiger partial charge on any atom is 0.251 e. The van der Waals surface area contributed by atoms with E-state index in [0.717, 1.165) is 16.5 Å². The Morgan fingerprint density at radius 2 is 1.56 bits per heavy atom. The van der Waals surface area contributed by atoms with Gasteiger partial charge in [0.2, 0.25) is 0 Å². The van der Waals surface area contributed by atoms with Crippen LogP contribution in [-0.2, 0) is 16.0 Å². The Labute approximate surface area is 177 Å². The molecule has 0 aromatic heterocycles. The number of amides is 2. The molecule has 7 heteroatoms. The van der Waals surface area contributed by atoms with E-state index in [1.54, 1.807) is 32.0 Å². The predicted octanol–water partition coefficient (Wildman–Crippen LogP) is 6.23. The predicted molar refractivity (Wildman–Crippen MR) is 116 cm³/mol. The van der Waals surface area contributed by atoms with Crippen LogP contribution in [0.4, 0.5) is 11.4 Å². The van der Waals surface area contributed by atoms with Gasteiger partial charge in [-0.05, 0) is 56.2 Å². The zero-order valence-corrected chi connectivity index (χ0v) is 18.2. The van der Waals surface area contributed by atoms with Gasteiger partial charge >= 0.3 is 0 Å². The maximum absolute atomic E-state index is 12.6. The fraction of sp³-hybridized carbons (Fsp3) is 0.200. The molecule has 0 aliphatic heterocycles. The van der Waals surface area contributed by atoms with Gasteiger partial charge in [0.15, 0.2) is 0 Å². The molecule has 0 spiro atoms. The van der Waals surface area contributed by atoms with Gasteiger partial charge in [-0.25, -0.2) is 0 Å². The Kier molecular flexibility index (Phi) is 7.48. The molecule has 0 unspecified atom stereocenters. The molecule has 2 rings (SSSR count). The Balaban J connectivity index is 2.17. The summed E-state index contributed by atoms with van der Waals surface area (Å²) in [7, 11) is 0. The van der Waals surface area contributed by atoms with Crippen LogP contribution < -0.4 is 10.6 Å². The fourth-order valence-electron chi connectivity index (χ4n) is 2.33. The molecule has 4 nitrogen and oxygen atoms in total. The van der Waals surface area contributed by atoms with E-state index in [1.165, 1.54) is 0 Å². The van der Waals surface area contributed by atoms with E-state index in [2.05, 4.69) is 26.6 Å². The average molecular weight is 470 g/mol. The Morgan fingerprint density at radius 3 is 2.15 bits per heavy atom. The van der Waals surface area contributed by atoms with Crippen molar-refractivity contribution in [3.05, 3.63) is 67.6 Å². The van der Waals surface area contributed by atoms with E-state index < -0.39 is 0 Å². The number of benzene rings is 2. The van der Waals surface area contributed by atoms with E-state index in [9.17, 15) is 9.59 Å². The summed E-state index contributed by atoms with van der Waals surface area (Å²) in [6.45, 7) is 5.23. The number of nitrogens with one attached hydrogen (secondary N) is 2. The van der Waals surface area contributed by atoms with Gasteiger partial charge in [-0.3, -0.25) is 9.59 Å². The molecule has 142 valence electrons. The molecule has 0 aliphatic carbocycles. The summed E-state index contributed by atoms with van der Waals surface area (Å²) in [6.07, 6.45) is 0.780. The maximum atomic E-state index is 12.6. The molecule has 2 aromatic carbocycles. The average Bonchev–Trinajstić information content (AvgIpc) is 2.63.